The van der Waals surface area contributed by atoms with E-state index in [4.69, 9.17) is 0 Å². The Morgan fingerprint density at radius 2 is 1.96 bits per heavy atom. The van der Waals surface area contributed by atoms with Crippen molar-refractivity contribution in [3.8, 4) is 5.75 Å². The van der Waals surface area contributed by atoms with Crippen LogP contribution in [0.1, 0.15) is 26.7 Å². The summed E-state index contributed by atoms with van der Waals surface area (Å²) in [5.74, 6) is 0.310. The SMILES string of the molecule is CCN(CC)CCNc1ccc2ncn3c4ccc(O)cc4c(=C4CC4)c1c23. The second-order valence-corrected chi connectivity index (χ2v) is 7.60. The predicted octanol–water partition coefficient (Wildman–Crippen LogP) is 3.76. The van der Waals surface area contributed by atoms with Gasteiger partial charge in [-0.3, -0.25) is 4.40 Å². The summed E-state index contributed by atoms with van der Waals surface area (Å²) in [6.45, 7) is 8.47. The molecule has 2 aromatic carbocycles. The van der Waals surface area contributed by atoms with Crippen molar-refractivity contribution in [1.82, 2.24) is 14.3 Å². The number of likely N-dealkylation sites (N-methyl/N-ethyl adjacent to an activating group) is 1. The number of benzene rings is 2. The Hall–Kier alpha value is -2.79. The molecule has 2 heterocycles. The monoisotopic (exact) mass is 374 g/mol. The van der Waals surface area contributed by atoms with Crippen LogP contribution in [0.15, 0.2) is 36.7 Å². The van der Waals surface area contributed by atoms with Crippen LogP contribution < -0.4 is 10.5 Å². The third-order valence-electron chi connectivity index (χ3n) is 5.96. The number of anilines is 1. The Balaban J connectivity index is 1.75. The quantitative estimate of drug-likeness (QED) is 0.505. The van der Waals surface area contributed by atoms with Gasteiger partial charge in [0.25, 0.3) is 0 Å². The van der Waals surface area contributed by atoms with Crippen LogP contribution in [0.2, 0.25) is 0 Å². The summed E-state index contributed by atoms with van der Waals surface area (Å²) < 4.78 is 2.17. The first-order valence-corrected chi connectivity index (χ1v) is 10.2. The standard InChI is InChI=1S/C23H26N4O/c1-3-26(4-2)12-11-24-18-8-9-19-23-22(18)21(15-5-6-15)17-13-16(28)7-10-20(17)27(23)14-25-19/h7-10,13-14,24,28H,3-6,11-12H2,1-2H3. The summed E-state index contributed by atoms with van der Waals surface area (Å²) in [5, 5.41) is 17.5. The van der Waals surface area contributed by atoms with Crippen molar-refractivity contribution < 1.29 is 5.11 Å². The second-order valence-electron chi connectivity index (χ2n) is 7.60. The van der Waals surface area contributed by atoms with Crippen molar-refractivity contribution in [1.29, 1.82) is 0 Å². The van der Waals surface area contributed by atoms with E-state index in [1.807, 2.05) is 18.5 Å². The lowest BCUT2D eigenvalue weighted by molar-refractivity contribution is 0.316. The third kappa shape index (κ3) is 2.69. The summed E-state index contributed by atoms with van der Waals surface area (Å²) in [4.78, 5) is 7.07. The van der Waals surface area contributed by atoms with E-state index >= 15 is 0 Å². The Kier molecular flexibility index (Phi) is 4.13. The average molecular weight is 374 g/mol. The fourth-order valence-corrected chi connectivity index (χ4v) is 4.33. The van der Waals surface area contributed by atoms with Gasteiger partial charge in [-0.2, -0.15) is 0 Å². The molecule has 1 aliphatic carbocycles. The summed E-state index contributed by atoms with van der Waals surface area (Å²) in [5.41, 5.74) is 5.91. The van der Waals surface area contributed by atoms with Crippen LogP contribution in [0.5, 0.6) is 5.75 Å². The number of phenolic OH excluding ortho intramolecular Hbond substituents is 1. The van der Waals surface area contributed by atoms with Gasteiger partial charge in [-0.25, -0.2) is 4.98 Å². The van der Waals surface area contributed by atoms with Gasteiger partial charge in [0.15, 0.2) is 0 Å². The van der Waals surface area contributed by atoms with Crippen molar-refractivity contribution in [2.24, 2.45) is 0 Å². The number of nitrogens with one attached hydrogen (secondary N) is 1. The molecule has 0 saturated heterocycles. The van der Waals surface area contributed by atoms with E-state index in [2.05, 4.69) is 45.6 Å². The highest BCUT2D eigenvalue weighted by Gasteiger charge is 2.21. The highest BCUT2D eigenvalue weighted by molar-refractivity contribution is 6.09. The van der Waals surface area contributed by atoms with E-state index in [0.717, 1.165) is 61.1 Å². The van der Waals surface area contributed by atoms with Crippen molar-refractivity contribution in [2.75, 3.05) is 31.5 Å². The third-order valence-corrected chi connectivity index (χ3v) is 5.96. The number of aromatic nitrogens is 2. The number of phenols is 1. The van der Waals surface area contributed by atoms with Crippen molar-refractivity contribution in [3.05, 3.63) is 41.9 Å². The molecule has 28 heavy (non-hydrogen) atoms. The van der Waals surface area contributed by atoms with E-state index in [9.17, 15) is 5.11 Å². The number of rotatable bonds is 6. The van der Waals surface area contributed by atoms with Crippen molar-refractivity contribution in [3.63, 3.8) is 0 Å². The minimum atomic E-state index is 0.310. The van der Waals surface area contributed by atoms with E-state index in [1.165, 1.54) is 21.7 Å². The average Bonchev–Trinajstić information content (AvgIpc) is 3.45. The molecular formula is C23H26N4O. The highest BCUT2D eigenvalue weighted by atomic mass is 16.3. The molecule has 0 spiro atoms. The van der Waals surface area contributed by atoms with Crippen LogP contribution in [-0.2, 0) is 0 Å². The van der Waals surface area contributed by atoms with Gasteiger partial charge in [0, 0.05) is 29.5 Å². The molecule has 0 radical (unpaired) electrons. The molecule has 0 bridgehead atoms. The maximum Gasteiger partial charge on any atom is 0.116 e. The maximum absolute atomic E-state index is 10.2. The lowest BCUT2D eigenvalue weighted by Crippen LogP contribution is -2.28. The van der Waals surface area contributed by atoms with Crippen LogP contribution in [0, 0.1) is 0 Å². The molecule has 0 atom stereocenters. The second kappa shape index (κ2) is 6.67. The van der Waals surface area contributed by atoms with Gasteiger partial charge in [0.2, 0.25) is 0 Å². The van der Waals surface area contributed by atoms with Gasteiger partial charge in [-0.1, -0.05) is 19.4 Å². The van der Waals surface area contributed by atoms with Crippen LogP contribution in [-0.4, -0.2) is 45.6 Å². The van der Waals surface area contributed by atoms with Gasteiger partial charge in [-0.05, 0) is 61.5 Å². The Morgan fingerprint density at radius 3 is 2.71 bits per heavy atom. The van der Waals surface area contributed by atoms with Gasteiger partial charge in [0.1, 0.15) is 12.1 Å². The van der Waals surface area contributed by atoms with Crippen LogP contribution in [0.3, 0.4) is 0 Å². The van der Waals surface area contributed by atoms with E-state index in [1.54, 1.807) is 6.07 Å². The summed E-state index contributed by atoms with van der Waals surface area (Å²) in [7, 11) is 0. The zero-order valence-electron chi connectivity index (χ0n) is 16.5. The zero-order chi connectivity index (χ0) is 19.3. The number of fused-ring (bicyclic) bond motifs is 2. The molecule has 0 unspecified atom stereocenters. The lowest BCUT2D eigenvalue weighted by Gasteiger charge is -2.19. The molecule has 5 nitrogen and oxygen atoms in total. The van der Waals surface area contributed by atoms with Gasteiger partial charge in [0.05, 0.1) is 16.6 Å². The number of pyridine rings is 1. The topological polar surface area (TPSA) is 52.8 Å². The smallest absolute Gasteiger partial charge is 0.116 e. The number of aromatic hydroxyl groups is 1. The number of imidazole rings is 1. The van der Waals surface area contributed by atoms with E-state index in [0.29, 0.717) is 5.75 Å². The van der Waals surface area contributed by atoms with Crippen LogP contribution in [0.4, 0.5) is 5.69 Å². The molecule has 0 amide bonds. The molecular weight excluding hydrogens is 348 g/mol. The number of hydrogen-bond donors (Lipinski definition) is 2. The van der Waals surface area contributed by atoms with Gasteiger partial charge >= 0.3 is 0 Å². The van der Waals surface area contributed by atoms with Gasteiger partial charge < -0.3 is 15.3 Å². The molecule has 1 fully saturated rings. The molecule has 5 rings (SSSR count). The Morgan fingerprint density at radius 1 is 1.14 bits per heavy atom. The van der Waals surface area contributed by atoms with Crippen molar-refractivity contribution in [2.45, 2.75) is 26.7 Å². The van der Waals surface area contributed by atoms with Gasteiger partial charge in [-0.15, -0.1) is 0 Å². The number of nitrogens with zero attached hydrogens (tertiary/aromatic N) is 3. The van der Waals surface area contributed by atoms with Crippen LogP contribution >= 0.6 is 0 Å². The minimum absolute atomic E-state index is 0.310. The maximum atomic E-state index is 10.2. The molecule has 1 saturated carbocycles. The largest absolute Gasteiger partial charge is 0.508 e. The molecule has 4 aromatic rings. The van der Waals surface area contributed by atoms with Crippen LogP contribution in [0.25, 0.3) is 32.9 Å². The van der Waals surface area contributed by atoms with E-state index in [-0.39, 0.29) is 0 Å². The highest BCUT2D eigenvalue weighted by Crippen LogP contribution is 2.35. The van der Waals surface area contributed by atoms with Crippen molar-refractivity contribution >= 4 is 38.6 Å². The zero-order valence-corrected chi connectivity index (χ0v) is 16.5. The molecule has 144 valence electrons. The normalized spacial score (nSPS) is 14.0. The minimum Gasteiger partial charge on any atom is -0.508 e. The first kappa shape index (κ1) is 17.3. The fraction of sp³-hybridized carbons (Fsp3) is 0.348. The lowest BCUT2D eigenvalue weighted by atomic mass is 10.0. The summed E-state index contributed by atoms with van der Waals surface area (Å²) in [6.07, 6.45) is 4.17. The molecule has 2 aromatic heterocycles. The molecule has 5 heteroatoms. The van der Waals surface area contributed by atoms with E-state index < -0.39 is 0 Å². The predicted molar refractivity (Wildman–Crippen MR) is 116 cm³/mol. The fourth-order valence-electron chi connectivity index (χ4n) is 4.33. The molecule has 0 aliphatic heterocycles. The first-order chi connectivity index (χ1) is 13.7. The first-order valence-electron chi connectivity index (χ1n) is 10.2. The summed E-state index contributed by atoms with van der Waals surface area (Å²) >= 11 is 0. The molecule has 2 N–H and O–H groups in total. The molecule has 1 aliphatic rings. The summed E-state index contributed by atoms with van der Waals surface area (Å²) in [6, 6.07) is 9.93. The Bertz CT molecular complexity index is 1230. The number of hydrogen-bond acceptors (Lipinski definition) is 4. The Labute approximate surface area is 164 Å².